The van der Waals surface area contributed by atoms with Gasteiger partial charge in [-0.05, 0) is 33.6 Å². The molecule has 0 aromatic heterocycles. The van der Waals surface area contributed by atoms with Gasteiger partial charge in [0.25, 0.3) is 0 Å². The molecular formula is C16H33NO3. The van der Waals surface area contributed by atoms with Crippen LogP contribution >= 0.6 is 0 Å². The molecule has 0 saturated carbocycles. The molecule has 0 fully saturated rings. The Kier molecular flexibility index (Phi) is 9.64. The van der Waals surface area contributed by atoms with Crippen molar-refractivity contribution in [3.05, 3.63) is 0 Å². The minimum Gasteiger partial charge on any atom is -0.444 e. The lowest BCUT2D eigenvalue weighted by atomic mass is 10.00. The molecule has 0 aliphatic heterocycles. The van der Waals surface area contributed by atoms with Gasteiger partial charge in [-0.3, -0.25) is 0 Å². The molecule has 0 bridgehead atoms. The van der Waals surface area contributed by atoms with Crippen LogP contribution in [0, 0.1) is 0 Å². The number of alkyl carbamates (subject to hydrolysis) is 1. The van der Waals surface area contributed by atoms with Crippen LogP contribution < -0.4 is 5.32 Å². The molecule has 0 aliphatic carbocycles. The normalized spacial score (nSPS) is 14.7. The topological polar surface area (TPSA) is 58.6 Å². The number of ether oxygens (including phenoxy) is 1. The SMILES string of the molecule is CCCCCC[C@@H](NC(=O)OC(C)(C)C)[C@@H](O)CCC. The van der Waals surface area contributed by atoms with Gasteiger partial charge in [0.05, 0.1) is 12.1 Å². The molecule has 4 heteroatoms. The molecule has 0 heterocycles. The molecule has 0 aliphatic rings. The smallest absolute Gasteiger partial charge is 0.407 e. The molecular weight excluding hydrogens is 254 g/mol. The van der Waals surface area contributed by atoms with Crippen LogP contribution in [0.1, 0.15) is 79.6 Å². The second-order valence-corrected chi connectivity index (χ2v) is 6.46. The summed E-state index contributed by atoms with van der Waals surface area (Å²) >= 11 is 0. The van der Waals surface area contributed by atoms with E-state index in [-0.39, 0.29) is 6.04 Å². The Bertz CT molecular complexity index is 261. The van der Waals surface area contributed by atoms with Gasteiger partial charge in [-0.15, -0.1) is 0 Å². The first-order valence-corrected chi connectivity index (χ1v) is 7.97. The number of amides is 1. The fraction of sp³-hybridized carbons (Fsp3) is 0.938. The number of carbonyl (C=O) groups is 1. The van der Waals surface area contributed by atoms with E-state index in [1.165, 1.54) is 12.8 Å². The molecule has 120 valence electrons. The fourth-order valence-corrected chi connectivity index (χ4v) is 2.11. The Labute approximate surface area is 124 Å². The summed E-state index contributed by atoms with van der Waals surface area (Å²) in [5.41, 5.74) is -0.507. The highest BCUT2D eigenvalue weighted by atomic mass is 16.6. The lowest BCUT2D eigenvalue weighted by molar-refractivity contribution is 0.0402. The zero-order chi connectivity index (χ0) is 15.6. The van der Waals surface area contributed by atoms with Crippen LogP contribution in [0.4, 0.5) is 4.79 Å². The minimum absolute atomic E-state index is 0.207. The molecule has 0 radical (unpaired) electrons. The molecule has 0 aromatic rings. The number of nitrogens with one attached hydrogen (secondary N) is 1. The monoisotopic (exact) mass is 287 g/mol. The standard InChI is InChI=1S/C16H33NO3/c1-6-8-9-10-12-13(14(18)11-7-2)17-15(19)20-16(3,4)5/h13-14,18H,6-12H2,1-5H3,(H,17,19)/t13-,14+/m1/s1. The first-order chi connectivity index (χ1) is 9.30. The summed E-state index contributed by atoms with van der Waals surface area (Å²) < 4.78 is 5.26. The number of hydrogen-bond acceptors (Lipinski definition) is 3. The second kappa shape index (κ2) is 10.0. The van der Waals surface area contributed by atoms with E-state index in [1.54, 1.807) is 0 Å². The summed E-state index contributed by atoms with van der Waals surface area (Å²) in [6, 6.07) is -0.207. The van der Waals surface area contributed by atoms with Crippen molar-refractivity contribution < 1.29 is 14.6 Å². The third-order valence-electron chi connectivity index (χ3n) is 3.12. The highest BCUT2D eigenvalue weighted by Crippen LogP contribution is 2.13. The summed E-state index contributed by atoms with van der Waals surface area (Å²) in [5.74, 6) is 0. The molecule has 2 atom stereocenters. The zero-order valence-electron chi connectivity index (χ0n) is 13.9. The van der Waals surface area contributed by atoms with Crippen LogP contribution in [-0.2, 0) is 4.74 Å². The highest BCUT2D eigenvalue weighted by molar-refractivity contribution is 5.68. The van der Waals surface area contributed by atoms with E-state index in [2.05, 4.69) is 12.2 Å². The van der Waals surface area contributed by atoms with E-state index < -0.39 is 17.8 Å². The van der Waals surface area contributed by atoms with Crippen LogP contribution in [0.2, 0.25) is 0 Å². The molecule has 0 spiro atoms. The zero-order valence-corrected chi connectivity index (χ0v) is 13.9. The maximum atomic E-state index is 11.8. The minimum atomic E-state index is -0.507. The van der Waals surface area contributed by atoms with Gasteiger partial charge in [0.2, 0.25) is 0 Å². The van der Waals surface area contributed by atoms with Crippen molar-refractivity contribution in [1.29, 1.82) is 0 Å². The van der Waals surface area contributed by atoms with Crippen LogP contribution in [-0.4, -0.2) is 28.9 Å². The predicted octanol–water partition coefficient (Wildman–Crippen LogP) is 4.01. The van der Waals surface area contributed by atoms with E-state index in [4.69, 9.17) is 4.74 Å². The van der Waals surface area contributed by atoms with Crippen molar-refractivity contribution in [2.24, 2.45) is 0 Å². The van der Waals surface area contributed by atoms with Gasteiger partial charge in [0.15, 0.2) is 0 Å². The van der Waals surface area contributed by atoms with E-state index in [1.807, 2.05) is 27.7 Å². The third kappa shape index (κ3) is 10.1. The number of rotatable bonds is 9. The van der Waals surface area contributed by atoms with Crippen LogP contribution in [0.25, 0.3) is 0 Å². The Morgan fingerprint density at radius 1 is 1.10 bits per heavy atom. The number of unbranched alkanes of at least 4 members (excludes halogenated alkanes) is 3. The van der Waals surface area contributed by atoms with Crippen molar-refractivity contribution in [2.75, 3.05) is 0 Å². The summed E-state index contributed by atoms with van der Waals surface area (Å²) in [4.78, 5) is 11.8. The summed E-state index contributed by atoms with van der Waals surface area (Å²) in [7, 11) is 0. The van der Waals surface area contributed by atoms with Crippen molar-refractivity contribution >= 4 is 6.09 Å². The predicted molar refractivity (Wildman–Crippen MR) is 82.8 cm³/mol. The molecule has 2 N–H and O–H groups in total. The van der Waals surface area contributed by atoms with E-state index in [0.29, 0.717) is 6.42 Å². The van der Waals surface area contributed by atoms with Crippen LogP contribution in [0.5, 0.6) is 0 Å². The number of aliphatic hydroxyl groups excluding tert-OH is 1. The fourth-order valence-electron chi connectivity index (χ4n) is 2.11. The summed E-state index contributed by atoms with van der Waals surface area (Å²) in [6.45, 7) is 9.72. The van der Waals surface area contributed by atoms with Gasteiger partial charge in [-0.25, -0.2) is 4.79 Å². The number of carbonyl (C=O) groups excluding carboxylic acids is 1. The molecule has 0 rings (SSSR count). The lowest BCUT2D eigenvalue weighted by Crippen LogP contribution is -2.45. The van der Waals surface area contributed by atoms with Crippen molar-refractivity contribution in [1.82, 2.24) is 5.32 Å². The van der Waals surface area contributed by atoms with Crippen molar-refractivity contribution in [2.45, 2.75) is 97.3 Å². The molecule has 20 heavy (non-hydrogen) atoms. The first-order valence-electron chi connectivity index (χ1n) is 7.97. The molecule has 4 nitrogen and oxygen atoms in total. The Balaban J connectivity index is 4.33. The van der Waals surface area contributed by atoms with Crippen molar-refractivity contribution in [3.8, 4) is 0 Å². The summed E-state index contributed by atoms with van der Waals surface area (Å²) in [5, 5.41) is 13.0. The second-order valence-electron chi connectivity index (χ2n) is 6.46. The Morgan fingerprint density at radius 2 is 1.75 bits per heavy atom. The van der Waals surface area contributed by atoms with Crippen LogP contribution in [0.3, 0.4) is 0 Å². The van der Waals surface area contributed by atoms with Gasteiger partial charge in [0.1, 0.15) is 5.60 Å². The number of hydrogen-bond donors (Lipinski definition) is 2. The van der Waals surface area contributed by atoms with Gasteiger partial charge in [-0.1, -0.05) is 46.0 Å². The summed E-state index contributed by atoms with van der Waals surface area (Å²) in [6.07, 6.45) is 6.03. The van der Waals surface area contributed by atoms with Gasteiger partial charge >= 0.3 is 6.09 Å². The lowest BCUT2D eigenvalue weighted by Gasteiger charge is -2.26. The Hall–Kier alpha value is -0.770. The van der Waals surface area contributed by atoms with E-state index in [9.17, 15) is 9.90 Å². The van der Waals surface area contributed by atoms with Gasteiger partial charge in [0, 0.05) is 0 Å². The average Bonchev–Trinajstić information content (AvgIpc) is 2.31. The largest absolute Gasteiger partial charge is 0.444 e. The average molecular weight is 287 g/mol. The Morgan fingerprint density at radius 3 is 2.25 bits per heavy atom. The highest BCUT2D eigenvalue weighted by Gasteiger charge is 2.23. The van der Waals surface area contributed by atoms with Gasteiger partial charge in [-0.2, -0.15) is 0 Å². The molecule has 0 aromatic carbocycles. The molecule has 0 unspecified atom stereocenters. The maximum absolute atomic E-state index is 11.8. The van der Waals surface area contributed by atoms with Gasteiger partial charge < -0.3 is 15.2 Å². The van der Waals surface area contributed by atoms with Crippen molar-refractivity contribution in [3.63, 3.8) is 0 Å². The van der Waals surface area contributed by atoms with Crippen LogP contribution in [0.15, 0.2) is 0 Å². The maximum Gasteiger partial charge on any atom is 0.407 e. The number of aliphatic hydroxyl groups is 1. The third-order valence-corrected chi connectivity index (χ3v) is 3.12. The molecule has 0 saturated heterocycles. The first kappa shape index (κ1) is 19.2. The van der Waals surface area contributed by atoms with E-state index in [0.717, 1.165) is 25.7 Å². The molecule has 1 amide bonds. The van der Waals surface area contributed by atoms with E-state index >= 15 is 0 Å². The quantitative estimate of drug-likeness (QED) is 0.630.